The van der Waals surface area contributed by atoms with Crippen molar-refractivity contribution in [3.05, 3.63) is 62.7 Å². The molecular weight excluding hydrogens is 383 g/mol. The van der Waals surface area contributed by atoms with Crippen molar-refractivity contribution in [2.45, 2.75) is 6.92 Å². The molecule has 0 aliphatic rings. The summed E-state index contributed by atoms with van der Waals surface area (Å²) in [7, 11) is 0. The Morgan fingerprint density at radius 3 is 2.45 bits per heavy atom. The number of halogens is 1. The van der Waals surface area contributed by atoms with E-state index in [1.165, 1.54) is 0 Å². The Hall–Kier alpha value is -1.47. The molecule has 5 heteroatoms. The highest BCUT2D eigenvalue weighted by Crippen LogP contribution is 2.18. The third-order valence-electron chi connectivity index (χ3n) is 2.86. The number of anilines is 1. The number of aryl methyl sites for hydroxylation is 1. The van der Waals surface area contributed by atoms with Crippen LogP contribution in [0.1, 0.15) is 21.5 Å². The Kier molecular flexibility index (Phi) is 4.72. The van der Waals surface area contributed by atoms with Crippen LogP contribution < -0.4 is 11.1 Å². The number of hydrogen-bond acceptors (Lipinski definition) is 2. The first-order valence-electron chi connectivity index (χ1n) is 5.95. The maximum atomic E-state index is 12.2. The summed E-state index contributed by atoms with van der Waals surface area (Å²) in [5, 5.41) is 2.86. The maximum absolute atomic E-state index is 12.2. The lowest BCUT2D eigenvalue weighted by Gasteiger charge is -2.09. The molecule has 3 N–H and O–H groups in total. The zero-order valence-electron chi connectivity index (χ0n) is 10.8. The first-order chi connectivity index (χ1) is 9.49. The number of nitrogens with two attached hydrogens (primary N) is 1. The third-order valence-corrected chi connectivity index (χ3v) is 4.53. The Morgan fingerprint density at radius 1 is 1.20 bits per heavy atom. The van der Waals surface area contributed by atoms with Gasteiger partial charge in [-0.15, -0.1) is 0 Å². The number of hydrogen-bond donors (Lipinski definition) is 2. The summed E-state index contributed by atoms with van der Waals surface area (Å²) in [5.74, 6) is -0.124. The molecular formula is C15H13IN2OS. The van der Waals surface area contributed by atoms with Crippen LogP contribution in [0.2, 0.25) is 0 Å². The van der Waals surface area contributed by atoms with Crippen LogP contribution in [0.25, 0.3) is 0 Å². The minimum Gasteiger partial charge on any atom is -0.389 e. The lowest BCUT2D eigenvalue weighted by Crippen LogP contribution is -2.14. The van der Waals surface area contributed by atoms with E-state index in [4.69, 9.17) is 18.0 Å². The van der Waals surface area contributed by atoms with E-state index in [1.54, 1.807) is 24.3 Å². The van der Waals surface area contributed by atoms with E-state index in [-0.39, 0.29) is 5.91 Å². The number of amides is 1. The Bertz CT molecular complexity index is 668. The predicted molar refractivity (Wildman–Crippen MR) is 94.2 cm³/mol. The van der Waals surface area contributed by atoms with E-state index in [0.29, 0.717) is 16.2 Å². The van der Waals surface area contributed by atoms with Gasteiger partial charge in [-0.1, -0.05) is 24.4 Å². The third kappa shape index (κ3) is 3.34. The first kappa shape index (κ1) is 14.9. The molecule has 0 aromatic heterocycles. The van der Waals surface area contributed by atoms with Crippen molar-refractivity contribution in [3.63, 3.8) is 0 Å². The van der Waals surface area contributed by atoms with Crippen LogP contribution >= 0.6 is 34.8 Å². The van der Waals surface area contributed by atoms with Gasteiger partial charge in [0.1, 0.15) is 4.99 Å². The Balaban J connectivity index is 2.19. The summed E-state index contributed by atoms with van der Waals surface area (Å²) < 4.78 is 0.961. The van der Waals surface area contributed by atoms with E-state index in [9.17, 15) is 4.79 Å². The van der Waals surface area contributed by atoms with Crippen LogP contribution in [0.15, 0.2) is 42.5 Å². The number of rotatable bonds is 3. The van der Waals surface area contributed by atoms with E-state index in [1.807, 2.05) is 25.1 Å². The SMILES string of the molecule is Cc1cccc(C(=O)Nc2ccc(C(N)=S)cc2)c1I. The predicted octanol–water partition coefficient (Wildman–Crippen LogP) is 3.49. The van der Waals surface area contributed by atoms with Crippen LogP contribution in [0, 0.1) is 10.5 Å². The molecule has 0 aliphatic heterocycles. The standard InChI is InChI=1S/C15H13IN2OS/c1-9-3-2-4-12(13(9)16)15(19)18-11-7-5-10(6-8-11)14(17)20/h2-8H,1H3,(H2,17,20)(H,18,19). The van der Waals surface area contributed by atoms with E-state index >= 15 is 0 Å². The molecule has 3 nitrogen and oxygen atoms in total. The quantitative estimate of drug-likeness (QED) is 0.617. The van der Waals surface area contributed by atoms with Crippen LogP contribution in [0.5, 0.6) is 0 Å². The molecule has 0 unspecified atom stereocenters. The number of nitrogens with one attached hydrogen (secondary N) is 1. The van der Waals surface area contributed by atoms with Gasteiger partial charge in [-0.2, -0.15) is 0 Å². The summed E-state index contributed by atoms with van der Waals surface area (Å²) in [6, 6.07) is 12.8. The average molecular weight is 396 g/mol. The second-order valence-corrected chi connectivity index (χ2v) is 5.85. The highest BCUT2D eigenvalue weighted by molar-refractivity contribution is 14.1. The van der Waals surface area contributed by atoms with Gasteiger partial charge in [-0.3, -0.25) is 4.79 Å². The summed E-state index contributed by atoms with van der Waals surface area (Å²) in [5.41, 5.74) is 8.79. The largest absolute Gasteiger partial charge is 0.389 e. The molecule has 0 bridgehead atoms. The second-order valence-electron chi connectivity index (χ2n) is 4.33. The molecule has 0 radical (unpaired) electrons. The summed E-state index contributed by atoms with van der Waals surface area (Å²) in [6.45, 7) is 1.98. The minimum absolute atomic E-state index is 0.124. The van der Waals surface area contributed by atoms with Gasteiger partial charge in [0, 0.05) is 14.8 Å². The van der Waals surface area contributed by atoms with Crippen molar-refractivity contribution in [2.24, 2.45) is 5.73 Å². The van der Waals surface area contributed by atoms with Gasteiger partial charge in [0.15, 0.2) is 0 Å². The van der Waals surface area contributed by atoms with Crippen LogP contribution in [0.3, 0.4) is 0 Å². The van der Waals surface area contributed by atoms with E-state index in [0.717, 1.165) is 14.7 Å². The fraction of sp³-hybridized carbons (Fsp3) is 0.0667. The number of benzene rings is 2. The lowest BCUT2D eigenvalue weighted by atomic mass is 10.1. The monoisotopic (exact) mass is 396 g/mol. The molecule has 2 rings (SSSR count). The van der Waals surface area contributed by atoms with Crippen molar-refractivity contribution in [1.29, 1.82) is 0 Å². The molecule has 0 aliphatic carbocycles. The van der Waals surface area contributed by atoms with Gasteiger partial charge in [0.2, 0.25) is 0 Å². The molecule has 0 atom stereocenters. The van der Waals surface area contributed by atoms with Gasteiger partial charge in [-0.25, -0.2) is 0 Å². The smallest absolute Gasteiger partial charge is 0.256 e. The van der Waals surface area contributed by atoms with Crippen molar-refractivity contribution in [1.82, 2.24) is 0 Å². The number of carbonyl (C=O) groups is 1. The zero-order chi connectivity index (χ0) is 14.7. The molecule has 0 heterocycles. The maximum Gasteiger partial charge on any atom is 0.256 e. The van der Waals surface area contributed by atoms with Gasteiger partial charge < -0.3 is 11.1 Å². The summed E-state index contributed by atoms with van der Waals surface area (Å²) in [6.07, 6.45) is 0. The number of carbonyl (C=O) groups excluding carboxylic acids is 1. The molecule has 2 aromatic carbocycles. The topological polar surface area (TPSA) is 55.1 Å². The molecule has 0 spiro atoms. The normalized spacial score (nSPS) is 10.1. The van der Waals surface area contributed by atoms with Gasteiger partial charge >= 0.3 is 0 Å². The fourth-order valence-corrected chi connectivity index (χ4v) is 2.48. The first-order valence-corrected chi connectivity index (χ1v) is 7.44. The van der Waals surface area contributed by atoms with E-state index < -0.39 is 0 Å². The van der Waals surface area contributed by atoms with Crippen molar-refractivity contribution in [2.75, 3.05) is 5.32 Å². The van der Waals surface area contributed by atoms with Gasteiger partial charge in [0.05, 0.1) is 5.56 Å². The van der Waals surface area contributed by atoms with Gasteiger partial charge in [0.25, 0.3) is 5.91 Å². The van der Waals surface area contributed by atoms with Crippen molar-refractivity contribution < 1.29 is 4.79 Å². The molecule has 0 saturated heterocycles. The lowest BCUT2D eigenvalue weighted by molar-refractivity contribution is 0.102. The minimum atomic E-state index is -0.124. The van der Waals surface area contributed by atoms with Crippen LogP contribution in [-0.2, 0) is 0 Å². The molecule has 2 aromatic rings. The average Bonchev–Trinajstić information content (AvgIpc) is 2.42. The Morgan fingerprint density at radius 2 is 1.85 bits per heavy atom. The molecule has 102 valence electrons. The molecule has 20 heavy (non-hydrogen) atoms. The molecule has 1 amide bonds. The highest BCUT2D eigenvalue weighted by atomic mass is 127. The van der Waals surface area contributed by atoms with Crippen molar-refractivity contribution in [3.8, 4) is 0 Å². The molecule has 0 saturated carbocycles. The van der Waals surface area contributed by atoms with E-state index in [2.05, 4.69) is 27.9 Å². The fourth-order valence-electron chi connectivity index (χ4n) is 1.74. The van der Waals surface area contributed by atoms with Crippen LogP contribution in [0.4, 0.5) is 5.69 Å². The summed E-state index contributed by atoms with van der Waals surface area (Å²) >= 11 is 7.07. The zero-order valence-corrected chi connectivity index (χ0v) is 13.8. The van der Waals surface area contributed by atoms with Crippen molar-refractivity contribution >= 4 is 51.4 Å². The van der Waals surface area contributed by atoms with Gasteiger partial charge in [-0.05, 0) is 65.4 Å². The highest BCUT2D eigenvalue weighted by Gasteiger charge is 2.11. The Labute approximate surface area is 136 Å². The van der Waals surface area contributed by atoms with Crippen LogP contribution in [-0.4, -0.2) is 10.9 Å². The molecule has 0 fully saturated rings. The number of thiocarbonyl (C=S) groups is 1. The summed E-state index contributed by atoms with van der Waals surface area (Å²) in [4.78, 5) is 12.6. The second kappa shape index (κ2) is 6.32.